The summed E-state index contributed by atoms with van der Waals surface area (Å²) in [7, 11) is 0. The van der Waals surface area contributed by atoms with E-state index < -0.39 is 6.04 Å². The van der Waals surface area contributed by atoms with Gasteiger partial charge in [-0.15, -0.1) is 0 Å². The van der Waals surface area contributed by atoms with E-state index in [-0.39, 0.29) is 24.0 Å². The lowest BCUT2D eigenvalue weighted by Crippen LogP contribution is -2.52. The van der Waals surface area contributed by atoms with Gasteiger partial charge in [0.15, 0.2) is 5.78 Å². The molecular weight excluding hydrogens is 450 g/mol. The average Bonchev–Trinajstić information content (AvgIpc) is 3.18. The van der Waals surface area contributed by atoms with Gasteiger partial charge < -0.3 is 4.90 Å². The first kappa shape index (κ1) is 22.3. The van der Waals surface area contributed by atoms with Crippen molar-refractivity contribution >= 4 is 40.6 Å². The van der Waals surface area contributed by atoms with Crippen molar-refractivity contribution in [3.63, 3.8) is 0 Å². The van der Waals surface area contributed by atoms with Crippen LogP contribution in [0.4, 0.5) is 11.4 Å². The molecule has 2 fully saturated rings. The summed E-state index contributed by atoms with van der Waals surface area (Å²) < 4.78 is 0. The maximum Gasteiger partial charge on any atom is 0.251 e. The lowest BCUT2D eigenvalue weighted by Gasteiger charge is -2.38. The Morgan fingerprint density at radius 1 is 0.735 bits per heavy atom. The third kappa shape index (κ3) is 4.34. The van der Waals surface area contributed by atoms with Crippen LogP contribution in [0.2, 0.25) is 5.02 Å². The van der Waals surface area contributed by atoms with Crippen LogP contribution >= 0.6 is 11.6 Å². The van der Waals surface area contributed by atoms with Crippen molar-refractivity contribution in [2.75, 3.05) is 36.0 Å². The number of rotatable bonds is 5. The fraction of sp³-hybridized carbons (Fsp3) is 0.222. The second-order valence-corrected chi connectivity index (χ2v) is 8.97. The van der Waals surface area contributed by atoms with E-state index in [1.165, 1.54) is 4.90 Å². The molecule has 1 unspecified atom stereocenters. The number of hydrogen-bond donors (Lipinski definition) is 0. The maximum absolute atomic E-state index is 13.1. The summed E-state index contributed by atoms with van der Waals surface area (Å²) in [6.45, 7) is 2.85. The summed E-state index contributed by atoms with van der Waals surface area (Å²) in [5.41, 5.74) is 2.93. The average molecular weight is 474 g/mol. The Morgan fingerprint density at radius 2 is 1.32 bits per heavy atom. The van der Waals surface area contributed by atoms with Gasteiger partial charge in [0.2, 0.25) is 5.91 Å². The number of piperazine rings is 1. The number of hydrogen-bond acceptors (Lipinski definition) is 5. The third-order valence-electron chi connectivity index (χ3n) is 6.49. The molecule has 3 aromatic rings. The van der Waals surface area contributed by atoms with Crippen LogP contribution in [-0.4, -0.2) is 54.7 Å². The van der Waals surface area contributed by atoms with E-state index in [2.05, 4.69) is 9.80 Å². The lowest BCUT2D eigenvalue weighted by atomic mass is 10.0. The van der Waals surface area contributed by atoms with Gasteiger partial charge in [0.05, 0.1) is 18.2 Å². The zero-order chi connectivity index (χ0) is 23.7. The molecule has 2 heterocycles. The van der Waals surface area contributed by atoms with Gasteiger partial charge in [-0.05, 0) is 48.5 Å². The van der Waals surface area contributed by atoms with Gasteiger partial charge in [0.1, 0.15) is 0 Å². The molecule has 2 saturated heterocycles. The van der Waals surface area contributed by atoms with Gasteiger partial charge in [-0.25, -0.2) is 4.90 Å². The van der Waals surface area contributed by atoms with Crippen LogP contribution < -0.4 is 9.80 Å². The van der Waals surface area contributed by atoms with Crippen LogP contribution in [0.3, 0.4) is 0 Å². The summed E-state index contributed by atoms with van der Waals surface area (Å²) >= 11 is 5.94. The summed E-state index contributed by atoms with van der Waals surface area (Å²) in [5, 5.41) is 0.563. The minimum absolute atomic E-state index is 0.00613. The number of nitrogens with zero attached hydrogens (tertiary/aromatic N) is 3. The molecule has 2 aliphatic heterocycles. The summed E-state index contributed by atoms with van der Waals surface area (Å²) in [6, 6.07) is 23.2. The van der Waals surface area contributed by atoms with Crippen LogP contribution in [0.15, 0.2) is 78.9 Å². The number of imide groups is 1. The molecule has 34 heavy (non-hydrogen) atoms. The SMILES string of the molecule is O=C(c1ccccc1)c1ccc(N2CCN(C3CC(=O)N(c4ccc(Cl)cc4)C3=O)CC2)cc1. The number of carbonyl (C=O) groups excluding carboxylic acids is 3. The first-order chi connectivity index (χ1) is 16.5. The molecule has 0 saturated carbocycles. The van der Waals surface area contributed by atoms with Crippen molar-refractivity contribution in [1.29, 1.82) is 0 Å². The molecule has 7 heteroatoms. The first-order valence-corrected chi connectivity index (χ1v) is 11.7. The molecule has 2 amide bonds. The molecule has 172 valence electrons. The zero-order valence-electron chi connectivity index (χ0n) is 18.6. The number of carbonyl (C=O) groups is 3. The standard InChI is InChI=1S/C27H24ClN3O3/c28-21-8-12-23(13-9-21)31-25(32)18-24(27(31)34)30-16-14-29(15-17-30)22-10-6-20(7-11-22)26(33)19-4-2-1-3-5-19/h1-13,24H,14-18H2. The van der Waals surface area contributed by atoms with Gasteiger partial charge >= 0.3 is 0 Å². The van der Waals surface area contributed by atoms with E-state index in [1.807, 2.05) is 54.6 Å². The smallest absolute Gasteiger partial charge is 0.251 e. The van der Waals surface area contributed by atoms with E-state index in [4.69, 9.17) is 11.6 Å². The number of benzene rings is 3. The Balaban J connectivity index is 1.21. The third-order valence-corrected chi connectivity index (χ3v) is 6.75. The van der Waals surface area contributed by atoms with Crippen LogP contribution in [0.5, 0.6) is 0 Å². The first-order valence-electron chi connectivity index (χ1n) is 11.3. The van der Waals surface area contributed by atoms with E-state index in [0.717, 1.165) is 18.8 Å². The second kappa shape index (κ2) is 9.41. The molecule has 0 radical (unpaired) electrons. The molecule has 2 aliphatic rings. The predicted octanol–water partition coefficient (Wildman–Crippen LogP) is 4.03. The fourth-order valence-electron chi connectivity index (χ4n) is 4.63. The van der Waals surface area contributed by atoms with E-state index in [9.17, 15) is 14.4 Å². The molecule has 0 bridgehead atoms. The molecule has 0 aromatic heterocycles. The Bertz CT molecular complexity index is 1200. The quantitative estimate of drug-likeness (QED) is 0.413. The normalized spacial score (nSPS) is 19.0. The minimum atomic E-state index is -0.434. The number of anilines is 2. The molecule has 6 nitrogen and oxygen atoms in total. The van der Waals surface area contributed by atoms with E-state index >= 15 is 0 Å². The van der Waals surface area contributed by atoms with Crippen LogP contribution in [0.1, 0.15) is 22.3 Å². The largest absolute Gasteiger partial charge is 0.369 e. The highest BCUT2D eigenvalue weighted by Gasteiger charge is 2.43. The second-order valence-electron chi connectivity index (χ2n) is 8.53. The summed E-state index contributed by atoms with van der Waals surface area (Å²) in [5.74, 6) is -0.352. The highest BCUT2D eigenvalue weighted by Crippen LogP contribution is 2.28. The summed E-state index contributed by atoms with van der Waals surface area (Å²) in [4.78, 5) is 43.9. The predicted molar refractivity (Wildman–Crippen MR) is 132 cm³/mol. The number of halogens is 1. The zero-order valence-corrected chi connectivity index (χ0v) is 19.3. The van der Waals surface area contributed by atoms with Gasteiger partial charge in [-0.1, -0.05) is 41.9 Å². The Labute approximate surface area is 203 Å². The van der Waals surface area contributed by atoms with Crippen molar-refractivity contribution in [2.45, 2.75) is 12.5 Å². The lowest BCUT2D eigenvalue weighted by molar-refractivity contribution is -0.123. The molecule has 0 N–H and O–H groups in total. The van der Waals surface area contributed by atoms with Crippen LogP contribution in [0, 0.1) is 0 Å². The molecule has 0 aliphatic carbocycles. The van der Waals surface area contributed by atoms with Crippen molar-refractivity contribution in [2.24, 2.45) is 0 Å². The number of ketones is 1. The highest BCUT2D eigenvalue weighted by molar-refractivity contribution is 6.30. The van der Waals surface area contributed by atoms with Crippen molar-refractivity contribution in [1.82, 2.24) is 4.90 Å². The summed E-state index contributed by atoms with van der Waals surface area (Å²) in [6.07, 6.45) is 0.192. The van der Waals surface area contributed by atoms with Gasteiger partial charge in [0.25, 0.3) is 5.91 Å². The molecule has 3 aromatic carbocycles. The topological polar surface area (TPSA) is 60.9 Å². The Hall–Kier alpha value is -3.48. The van der Waals surface area contributed by atoms with Crippen molar-refractivity contribution in [3.05, 3.63) is 95.0 Å². The van der Waals surface area contributed by atoms with Crippen molar-refractivity contribution in [3.8, 4) is 0 Å². The maximum atomic E-state index is 13.1. The monoisotopic (exact) mass is 473 g/mol. The van der Waals surface area contributed by atoms with E-state index in [1.54, 1.807) is 24.3 Å². The Kier molecular flexibility index (Phi) is 6.18. The van der Waals surface area contributed by atoms with Crippen LogP contribution in [-0.2, 0) is 9.59 Å². The molecular formula is C27H24ClN3O3. The van der Waals surface area contributed by atoms with Gasteiger partial charge in [-0.3, -0.25) is 19.3 Å². The molecule has 1 atom stereocenters. The number of amides is 2. The van der Waals surface area contributed by atoms with Crippen LogP contribution in [0.25, 0.3) is 0 Å². The van der Waals surface area contributed by atoms with E-state index in [0.29, 0.717) is 34.9 Å². The molecule has 0 spiro atoms. The Morgan fingerprint density at radius 3 is 1.97 bits per heavy atom. The molecule has 5 rings (SSSR count). The van der Waals surface area contributed by atoms with Gasteiger partial charge in [-0.2, -0.15) is 0 Å². The minimum Gasteiger partial charge on any atom is -0.369 e. The van der Waals surface area contributed by atoms with Gasteiger partial charge in [0, 0.05) is 48.0 Å². The highest BCUT2D eigenvalue weighted by atomic mass is 35.5. The fourth-order valence-corrected chi connectivity index (χ4v) is 4.76. The van der Waals surface area contributed by atoms with Crippen molar-refractivity contribution < 1.29 is 14.4 Å².